The Hall–Kier alpha value is -2.49. The minimum absolute atomic E-state index is 0.0635. The zero-order valence-electron chi connectivity index (χ0n) is 18.3. The Labute approximate surface area is 179 Å². The van der Waals surface area contributed by atoms with E-state index >= 15 is 0 Å². The van der Waals surface area contributed by atoms with Crippen LogP contribution >= 0.6 is 0 Å². The lowest BCUT2D eigenvalue weighted by Gasteiger charge is -2.42. The van der Waals surface area contributed by atoms with Crippen LogP contribution in [0.4, 0.5) is 10.5 Å². The van der Waals surface area contributed by atoms with Crippen LogP contribution < -0.4 is 5.32 Å². The smallest absolute Gasteiger partial charge is 0.410 e. The van der Waals surface area contributed by atoms with Gasteiger partial charge in [-0.15, -0.1) is 0 Å². The highest BCUT2D eigenvalue weighted by Gasteiger charge is 2.48. The van der Waals surface area contributed by atoms with Crippen LogP contribution in [0.5, 0.6) is 0 Å². The summed E-state index contributed by atoms with van der Waals surface area (Å²) in [7, 11) is 0. The van der Waals surface area contributed by atoms with Crippen molar-refractivity contribution in [1.82, 2.24) is 4.90 Å². The lowest BCUT2D eigenvalue weighted by Crippen LogP contribution is -2.40. The number of nitrogens with one attached hydrogen (secondary N) is 1. The molecule has 1 amide bonds. The van der Waals surface area contributed by atoms with Crippen LogP contribution in [0.3, 0.4) is 0 Å². The maximum absolute atomic E-state index is 13.1. The average molecular weight is 405 g/mol. The summed E-state index contributed by atoms with van der Waals surface area (Å²) in [5.41, 5.74) is 6.31. The predicted octanol–water partition coefficient (Wildman–Crippen LogP) is 6.03. The number of carbonyl (C=O) groups is 1. The molecule has 2 aromatic carbocycles. The van der Waals surface area contributed by atoms with Crippen molar-refractivity contribution in [3.63, 3.8) is 0 Å². The molecule has 2 aliphatic heterocycles. The zero-order chi connectivity index (χ0) is 20.9. The van der Waals surface area contributed by atoms with Crippen LogP contribution in [-0.4, -0.2) is 23.1 Å². The molecule has 0 unspecified atom stereocenters. The largest absolute Gasteiger partial charge is 0.444 e. The van der Waals surface area contributed by atoms with Gasteiger partial charge in [-0.05, 0) is 75.1 Å². The van der Waals surface area contributed by atoms with E-state index in [0.717, 1.165) is 25.8 Å². The molecule has 0 spiro atoms. The fraction of sp³-hybridized carbons (Fsp3) is 0.500. The van der Waals surface area contributed by atoms with E-state index < -0.39 is 5.60 Å². The molecule has 3 atom stereocenters. The normalized spacial score (nSPS) is 25.0. The SMILES string of the molecule is CC(C)(C)OC(=O)N1CC[C@@H]2[C@@H](c3ccccc3)Nc3c(ccc4c3CCCC4)[C@@H]21. The zero-order valence-corrected chi connectivity index (χ0v) is 18.3. The molecule has 3 aliphatic rings. The van der Waals surface area contributed by atoms with Crippen molar-refractivity contribution in [2.75, 3.05) is 11.9 Å². The number of anilines is 1. The fourth-order valence-corrected chi connectivity index (χ4v) is 5.61. The molecule has 1 N–H and O–H groups in total. The molecule has 5 rings (SSSR count). The molecule has 2 aromatic rings. The van der Waals surface area contributed by atoms with Crippen molar-refractivity contribution < 1.29 is 9.53 Å². The summed E-state index contributed by atoms with van der Waals surface area (Å²) in [6.45, 7) is 6.57. The average Bonchev–Trinajstić information content (AvgIpc) is 3.18. The Bertz CT molecular complexity index is 947. The highest BCUT2D eigenvalue weighted by Crippen LogP contribution is 2.53. The van der Waals surface area contributed by atoms with Crippen molar-refractivity contribution in [3.05, 3.63) is 64.7 Å². The van der Waals surface area contributed by atoms with Gasteiger partial charge in [0.05, 0.1) is 12.1 Å². The summed E-state index contributed by atoms with van der Waals surface area (Å²) in [4.78, 5) is 15.1. The number of benzene rings is 2. The summed E-state index contributed by atoms with van der Waals surface area (Å²) in [5.74, 6) is 0.342. The molecule has 4 nitrogen and oxygen atoms in total. The molecule has 1 saturated heterocycles. The van der Waals surface area contributed by atoms with Gasteiger partial charge in [0.2, 0.25) is 0 Å². The Balaban J connectivity index is 1.60. The third-order valence-corrected chi connectivity index (χ3v) is 6.84. The second-order valence-electron chi connectivity index (χ2n) is 9.98. The van der Waals surface area contributed by atoms with Gasteiger partial charge in [-0.3, -0.25) is 0 Å². The highest BCUT2D eigenvalue weighted by molar-refractivity contribution is 5.73. The van der Waals surface area contributed by atoms with Gasteiger partial charge >= 0.3 is 6.09 Å². The first-order valence-corrected chi connectivity index (χ1v) is 11.4. The number of amides is 1. The Morgan fingerprint density at radius 2 is 1.83 bits per heavy atom. The first-order chi connectivity index (χ1) is 14.4. The van der Waals surface area contributed by atoms with Crippen LogP contribution in [0.25, 0.3) is 0 Å². The van der Waals surface area contributed by atoms with Gasteiger partial charge in [-0.2, -0.15) is 0 Å². The molecule has 1 fully saturated rings. The summed E-state index contributed by atoms with van der Waals surface area (Å²) in [6.07, 6.45) is 5.58. The maximum atomic E-state index is 13.1. The summed E-state index contributed by atoms with van der Waals surface area (Å²) >= 11 is 0. The predicted molar refractivity (Wildman–Crippen MR) is 120 cm³/mol. The number of carbonyl (C=O) groups excluding carboxylic acids is 1. The van der Waals surface area contributed by atoms with E-state index in [2.05, 4.69) is 47.8 Å². The fourth-order valence-electron chi connectivity index (χ4n) is 5.61. The van der Waals surface area contributed by atoms with Gasteiger partial charge in [0, 0.05) is 18.2 Å². The topological polar surface area (TPSA) is 41.6 Å². The van der Waals surface area contributed by atoms with Gasteiger partial charge in [0.1, 0.15) is 5.60 Å². The molecular formula is C26H32N2O2. The van der Waals surface area contributed by atoms with Gasteiger partial charge in [0.15, 0.2) is 0 Å². The van der Waals surface area contributed by atoms with E-state index in [-0.39, 0.29) is 18.2 Å². The van der Waals surface area contributed by atoms with Gasteiger partial charge in [-0.25, -0.2) is 4.79 Å². The summed E-state index contributed by atoms with van der Waals surface area (Å²) in [5, 5.41) is 3.94. The van der Waals surface area contributed by atoms with Crippen LogP contribution in [0, 0.1) is 5.92 Å². The number of ether oxygens (including phenoxy) is 1. The van der Waals surface area contributed by atoms with Crippen molar-refractivity contribution in [3.8, 4) is 0 Å². The number of nitrogens with zero attached hydrogens (tertiary/aromatic N) is 1. The third-order valence-electron chi connectivity index (χ3n) is 6.84. The molecule has 158 valence electrons. The lowest BCUT2D eigenvalue weighted by atomic mass is 9.77. The number of aryl methyl sites for hydroxylation is 1. The standard InChI is InChI=1S/C26H32N2O2/c1-26(2,3)30-25(29)28-16-15-21-22(18-10-5-4-6-11-18)27-23-19-12-8-7-9-17(19)13-14-20(23)24(21)28/h4-6,10-11,13-14,21-22,24,27H,7-9,12,15-16H2,1-3H3/t21-,22-,24+/m1/s1. The van der Waals surface area contributed by atoms with E-state index in [4.69, 9.17) is 4.74 Å². The minimum Gasteiger partial charge on any atom is -0.444 e. The number of hydrogen-bond donors (Lipinski definition) is 1. The number of fused-ring (bicyclic) bond motifs is 5. The van der Waals surface area contributed by atoms with Crippen molar-refractivity contribution in [2.45, 2.75) is 70.6 Å². The Morgan fingerprint density at radius 1 is 1.07 bits per heavy atom. The van der Waals surface area contributed by atoms with Gasteiger partial charge < -0.3 is 15.0 Å². The van der Waals surface area contributed by atoms with E-state index in [9.17, 15) is 4.79 Å². The summed E-state index contributed by atoms with van der Waals surface area (Å²) < 4.78 is 5.81. The Kier molecular flexibility index (Phi) is 4.76. The van der Waals surface area contributed by atoms with Gasteiger partial charge in [0.25, 0.3) is 0 Å². The van der Waals surface area contributed by atoms with E-state index in [1.54, 1.807) is 0 Å². The summed E-state index contributed by atoms with van der Waals surface area (Å²) in [6, 6.07) is 15.6. The van der Waals surface area contributed by atoms with Crippen molar-refractivity contribution in [1.29, 1.82) is 0 Å². The molecule has 0 aromatic heterocycles. The minimum atomic E-state index is -0.487. The Morgan fingerprint density at radius 3 is 2.60 bits per heavy atom. The maximum Gasteiger partial charge on any atom is 0.410 e. The molecule has 4 heteroatoms. The van der Waals surface area contributed by atoms with Crippen LogP contribution in [0.15, 0.2) is 42.5 Å². The van der Waals surface area contributed by atoms with E-state index in [0.29, 0.717) is 5.92 Å². The van der Waals surface area contributed by atoms with Gasteiger partial charge in [-0.1, -0.05) is 42.5 Å². The van der Waals surface area contributed by atoms with Crippen molar-refractivity contribution in [2.24, 2.45) is 5.92 Å². The lowest BCUT2D eigenvalue weighted by molar-refractivity contribution is 0.0198. The molecule has 0 bridgehead atoms. The second-order valence-corrected chi connectivity index (χ2v) is 9.98. The molecule has 0 radical (unpaired) electrons. The van der Waals surface area contributed by atoms with Crippen LogP contribution in [0.2, 0.25) is 0 Å². The molecule has 1 aliphatic carbocycles. The number of rotatable bonds is 1. The third kappa shape index (κ3) is 3.36. The first-order valence-electron chi connectivity index (χ1n) is 11.4. The highest BCUT2D eigenvalue weighted by atomic mass is 16.6. The monoisotopic (exact) mass is 404 g/mol. The molecule has 2 heterocycles. The quantitative estimate of drug-likeness (QED) is 0.631. The number of hydrogen-bond acceptors (Lipinski definition) is 3. The molecule has 30 heavy (non-hydrogen) atoms. The van der Waals surface area contributed by atoms with Crippen molar-refractivity contribution >= 4 is 11.8 Å². The first kappa shape index (κ1) is 19.5. The van der Waals surface area contributed by atoms with E-state index in [1.165, 1.54) is 40.8 Å². The second kappa shape index (κ2) is 7.33. The molecular weight excluding hydrogens is 372 g/mol. The number of likely N-dealkylation sites (tertiary alicyclic amines) is 1. The van der Waals surface area contributed by atoms with E-state index in [1.807, 2.05) is 25.7 Å². The van der Waals surface area contributed by atoms with Crippen LogP contribution in [-0.2, 0) is 17.6 Å². The molecule has 0 saturated carbocycles. The van der Waals surface area contributed by atoms with Crippen LogP contribution in [0.1, 0.15) is 74.4 Å².